The van der Waals surface area contributed by atoms with Crippen LogP contribution in [-0.2, 0) is 0 Å². The predicted molar refractivity (Wildman–Crippen MR) is 61.3 cm³/mol. The number of nitrogens with one attached hydrogen (secondary N) is 1. The van der Waals surface area contributed by atoms with E-state index in [1.165, 1.54) is 12.8 Å². The van der Waals surface area contributed by atoms with E-state index in [9.17, 15) is 0 Å². The number of hydrogen-bond acceptors (Lipinski definition) is 3. The Balaban J connectivity index is 3.57. The zero-order valence-electron chi connectivity index (χ0n) is 9.63. The third-order valence-electron chi connectivity index (χ3n) is 2.51. The van der Waals surface area contributed by atoms with E-state index in [2.05, 4.69) is 19.2 Å². The van der Waals surface area contributed by atoms with E-state index in [1.54, 1.807) is 0 Å². The normalized spacial score (nSPS) is 15.4. The van der Waals surface area contributed by atoms with E-state index in [4.69, 9.17) is 10.8 Å². The third kappa shape index (κ3) is 7.30. The van der Waals surface area contributed by atoms with Crippen molar-refractivity contribution in [1.82, 2.24) is 5.32 Å². The minimum atomic E-state index is 0.286. The van der Waals surface area contributed by atoms with Crippen molar-refractivity contribution in [2.45, 2.75) is 58.0 Å². The molecule has 2 atom stereocenters. The molecule has 0 fully saturated rings. The van der Waals surface area contributed by atoms with E-state index in [0.717, 1.165) is 19.3 Å². The van der Waals surface area contributed by atoms with Gasteiger partial charge in [0.05, 0.1) is 0 Å². The molecular formula is C11H26N2O. The van der Waals surface area contributed by atoms with Gasteiger partial charge in [0.25, 0.3) is 0 Å². The lowest BCUT2D eigenvalue weighted by atomic mass is 10.1. The minimum absolute atomic E-state index is 0.286. The Hall–Kier alpha value is -0.120. The van der Waals surface area contributed by atoms with Crippen LogP contribution in [-0.4, -0.2) is 30.3 Å². The first-order valence-electron chi connectivity index (χ1n) is 5.81. The van der Waals surface area contributed by atoms with Gasteiger partial charge in [-0.15, -0.1) is 0 Å². The standard InChI is InChI=1S/C11H26N2O/c1-3-4-7-11(9-12)13-10(2)6-5-8-14/h10-11,13-14H,3-9,12H2,1-2H3. The molecule has 3 heteroatoms. The van der Waals surface area contributed by atoms with Gasteiger partial charge >= 0.3 is 0 Å². The molecule has 0 aliphatic heterocycles. The molecule has 0 spiro atoms. The molecule has 0 bridgehead atoms. The number of aliphatic hydroxyl groups excluding tert-OH is 1. The van der Waals surface area contributed by atoms with Crippen LogP contribution in [0.4, 0.5) is 0 Å². The zero-order chi connectivity index (χ0) is 10.8. The SMILES string of the molecule is CCCCC(CN)NC(C)CCCO. The van der Waals surface area contributed by atoms with Crippen molar-refractivity contribution in [2.24, 2.45) is 5.73 Å². The predicted octanol–water partition coefficient (Wildman–Crippen LogP) is 1.25. The van der Waals surface area contributed by atoms with Crippen LogP contribution < -0.4 is 11.1 Å². The molecule has 0 aliphatic rings. The summed E-state index contributed by atoms with van der Waals surface area (Å²) in [7, 11) is 0. The van der Waals surface area contributed by atoms with Crippen LogP contribution in [0.2, 0.25) is 0 Å². The lowest BCUT2D eigenvalue weighted by Gasteiger charge is -2.21. The summed E-state index contributed by atoms with van der Waals surface area (Å²) in [5, 5.41) is 12.2. The van der Waals surface area contributed by atoms with Crippen LogP contribution in [0, 0.1) is 0 Å². The highest BCUT2D eigenvalue weighted by molar-refractivity contribution is 4.72. The number of rotatable bonds is 9. The monoisotopic (exact) mass is 202 g/mol. The lowest BCUT2D eigenvalue weighted by molar-refractivity contribution is 0.272. The number of unbranched alkanes of at least 4 members (excludes halogenated alkanes) is 1. The van der Waals surface area contributed by atoms with E-state index in [1.807, 2.05) is 0 Å². The largest absolute Gasteiger partial charge is 0.396 e. The summed E-state index contributed by atoms with van der Waals surface area (Å²) in [6.07, 6.45) is 5.53. The molecule has 0 aromatic heterocycles. The molecule has 0 rings (SSSR count). The molecule has 14 heavy (non-hydrogen) atoms. The topological polar surface area (TPSA) is 58.3 Å². The molecule has 0 saturated heterocycles. The second kappa shape index (κ2) is 9.44. The maximum Gasteiger partial charge on any atom is 0.0431 e. The summed E-state index contributed by atoms with van der Waals surface area (Å²) in [5.41, 5.74) is 5.68. The van der Waals surface area contributed by atoms with Gasteiger partial charge in [0.2, 0.25) is 0 Å². The summed E-state index contributed by atoms with van der Waals surface area (Å²) in [6.45, 7) is 5.35. The van der Waals surface area contributed by atoms with Crippen LogP contribution in [0.5, 0.6) is 0 Å². The molecule has 2 unspecified atom stereocenters. The fourth-order valence-electron chi connectivity index (χ4n) is 1.60. The Bertz CT molecular complexity index is 120. The van der Waals surface area contributed by atoms with Crippen molar-refractivity contribution in [3.05, 3.63) is 0 Å². The Labute approximate surface area is 88.1 Å². The van der Waals surface area contributed by atoms with Gasteiger partial charge in [-0.3, -0.25) is 0 Å². The third-order valence-corrected chi connectivity index (χ3v) is 2.51. The summed E-state index contributed by atoms with van der Waals surface area (Å²) >= 11 is 0. The molecule has 86 valence electrons. The first kappa shape index (κ1) is 13.9. The van der Waals surface area contributed by atoms with Gasteiger partial charge in [-0.25, -0.2) is 0 Å². The summed E-state index contributed by atoms with van der Waals surface area (Å²) in [4.78, 5) is 0. The van der Waals surface area contributed by atoms with Gasteiger partial charge in [-0.1, -0.05) is 19.8 Å². The highest BCUT2D eigenvalue weighted by Crippen LogP contribution is 2.03. The highest BCUT2D eigenvalue weighted by Gasteiger charge is 2.09. The average Bonchev–Trinajstić information content (AvgIpc) is 2.21. The Morgan fingerprint density at radius 3 is 2.50 bits per heavy atom. The van der Waals surface area contributed by atoms with Crippen molar-refractivity contribution in [3.63, 3.8) is 0 Å². The van der Waals surface area contributed by atoms with Crippen LogP contribution in [0.3, 0.4) is 0 Å². The first-order valence-corrected chi connectivity index (χ1v) is 5.81. The molecule has 3 nitrogen and oxygen atoms in total. The van der Waals surface area contributed by atoms with Crippen molar-refractivity contribution in [3.8, 4) is 0 Å². The van der Waals surface area contributed by atoms with E-state index < -0.39 is 0 Å². The fourth-order valence-corrected chi connectivity index (χ4v) is 1.60. The quantitative estimate of drug-likeness (QED) is 0.527. The van der Waals surface area contributed by atoms with Crippen molar-refractivity contribution < 1.29 is 5.11 Å². The molecule has 0 amide bonds. The van der Waals surface area contributed by atoms with Gasteiger partial charge in [-0.2, -0.15) is 0 Å². The van der Waals surface area contributed by atoms with Gasteiger partial charge < -0.3 is 16.2 Å². The Morgan fingerprint density at radius 2 is 2.00 bits per heavy atom. The molecule has 0 heterocycles. The molecule has 0 aliphatic carbocycles. The second-order valence-corrected chi connectivity index (χ2v) is 4.01. The van der Waals surface area contributed by atoms with Gasteiger partial charge in [0, 0.05) is 25.2 Å². The Kier molecular flexibility index (Phi) is 9.35. The maximum atomic E-state index is 8.70. The second-order valence-electron chi connectivity index (χ2n) is 4.01. The van der Waals surface area contributed by atoms with E-state index >= 15 is 0 Å². The van der Waals surface area contributed by atoms with Gasteiger partial charge in [-0.05, 0) is 26.2 Å². The summed E-state index contributed by atoms with van der Waals surface area (Å²) in [6, 6.07) is 0.913. The highest BCUT2D eigenvalue weighted by atomic mass is 16.2. The van der Waals surface area contributed by atoms with Crippen LogP contribution >= 0.6 is 0 Å². The van der Waals surface area contributed by atoms with Crippen LogP contribution in [0.15, 0.2) is 0 Å². The lowest BCUT2D eigenvalue weighted by Crippen LogP contribution is -2.41. The van der Waals surface area contributed by atoms with Gasteiger partial charge in [0.15, 0.2) is 0 Å². The average molecular weight is 202 g/mol. The molecular weight excluding hydrogens is 176 g/mol. The first-order chi connectivity index (χ1) is 6.74. The zero-order valence-corrected chi connectivity index (χ0v) is 9.63. The minimum Gasteiger partial charge on any atom is -0.396 e. The van der Waals surface area contributed by atoms with Crippen LogP contribution in [0.1, 0.15) is 46.0 Å². The summed E-state index contributed by atoms with van der Waals surface area (Å²) < 4.78 is 0. The molecule has 4 N–H and O–H groups in total. The molecule has 0 aromatic carbocycles. The van der Waals surface area contributed by atoms with Crippen molar-refractivity contribution in [2.75, 3.05) is 13.2 Å². The van der Waals surface area contributed by atoms with Gasteiger partial charge in [0.1, 0.15) is 0 Å². The number of hydrogen-bond donors (Lipinski definition) is 3. The fraction of sp³-hybridized carbons (Fsp3) is 1.00. The number of nitrogens with two attached hydrogens (primary N) is 1. The molecule has 0 saturated carbocycles. The van der Waals surface area contributed by atoms with Crippen LogP contribution in [0.25, 0.3) is 0 Å². The van der Waals surface area contributed by atoms with Crippen molar-refractivity contribution in [1.29, 1.82) is 0 Å². The molecule has 0 radical (unpaired) electrons. The number of aliphatic hydroxyl groups is 1. The van der Waals surface area contributed by atoms with Crippen molar-refractivity contribution >= 4 is 0 Å². The van der Waals surface area contributed by atoms with E-state index in [-0.39, 0.29) is 6.61 Å². The van der Waals surface area contributed by atoms with E-state index in [0.29, 0.717) is 18.6 Å². The summed E-state index contributed by atoms with van der Waals surface area (Å²) in [5.74, 6) is 0. The Morgan fingerprint density at radius 1 is 1.29 bits per heavy atom. The maximum absolute atomic E-state index is 8.70. The smallest absolute Gasteiger partial charge is 0.0431 e. The molecule has 0 aromatic rings.